The van der Waals surface area contributed by atoms with Gasteiger partial charge >= 0.3 is 23.9 Å². The van der Waals surface area contributed by atoms with Crippen LogP contribution in [0.5, 0.6) is 23.0 Å². The third kappa shape index (κ3) is 4.74. The Labute approximate surface area is 235 Å². The summed E-state index contributed by atoms with van der Waals surface area (Å²) in [6, 6.07) is 17.7. The van der Waals surface area contributed by atoms with E-state index in [0.29, 0.717) is 29.4 Å². The molecule has 2 aliphatic heterocycles. The highest BCUT2D eigenvalue weighted by molar-refractivity contribution is 6.15. The summed E-state index contributed by atoms with van der Waals surface area (Å²) in [6.45, 7) is 7.85. The highest BCUT2D eigenvalue weighted by Crippen LogP contribution is 2.35. The number of esters is 4. The molecule has 0 fully saturated rings. The molecule has 0 radical (unpaired) electrons. The van der Waals surface area contributed by atoms with Crippen LogP contribution in [-0.4, -0.2) is 23.9 Å². The fourth-order valence-corrected chi connectivity index (χ4v) is 5.33. The van der Waals surface area contributed by atoms with Gasteiger partial charge in [0.15, 0.2) is 0 Å². The Balaban J connectivity index is 1.20. The van der Waals surface area contributed by atoms with Gasteiger partial charge in [0.1, 0.15) is 23.0 Å². The number of cyclic esters (lactones) is 4. The van der Waals surface area contributed by atoms with Gasteiger partial charge in [-0.2, -0.15) is 0 Å². The number of carbonyl (C=O) groups excluding carboxylic acids is 4. The number of fused-ring (bicyclic) bond motifs is 2. The van der Waals surface area contributed by atoms with Crippen molar-refractivity contribution in [1.29, 1.82) is 0 Å². The van der Waals surface area contributed by atoms with E-state index in [2.05, 4.69) is 33.7 Å². The molecule has 0 amide bonds. The zero-order valence-electron chi connectivity index (χ0n) is 22.7. The Hall–Kier alpha value is -5.24. The number of rotatable bonds is 6. The van der Waals surface area contributed by atoms with Crippen LogP contribution < -0.4 is 9.47 Å². The van der Waals surface area contributed by atoms with Crippen molar-refractivity contribution >= 4 is 23.9 Å². The Bertz CT molecular complexity index is 1650. The SMILES string of the molecule is Cc1cc(Cc2cc(C)c(Oc3ccc4c(c3)C(=O)OC4=O)c(C)c2)cc(C)c1Oc1ccc2c(c1)C(=O)OC2=O. The topological polar surface area (TPSA) is 105 Å². The first-order chi connectivity index (χ1) is 19.6. The van der Waals surface area contributed by atoms with Crippen LogP contribution in [0.2, 0.25) is 0 Å². The van der Waals surface area contributed by atoms with E-state index in [1.165, 1.54) is 24.3 Å². The molecular weight excluding hydrogens is 524 g/mol. The lowest BCUT2D eigenvalue weighted by Gasteiger charge is -2.16. The summed E-state index contributed by atoms with van der Waals surface area (Å²) < 4.78 is 21.6. The summed E-state index contributed by atoms with van der Waals surface area (Å²) in [5.74, 6) is -0.378. The smallest absolute Gasteiger partial charge is 0.347 e. The summed E-state index contributed by atoms with van der Waals surface area (Å²) in [5.41, 5.74) is 6.81. The minimum Gasteiger partial charge on any atom is -0.457 e. The molecule has 0 saturated carbocycles. The maximum atomic E-state index is 11.9. The van der Waals surface area contributed by atoms with E-state index in [4.69, 9.17) is 9.47 Å². The summed E-state index contributed by atoms with van der Waals surface area (Å²) >= 11 is 0. The third-order valence-electron chi connectivity index (χ3n) is 7.12. The number of hydrogen-bond acceptors (Lipinski definition) is 8. The van der Waals surface area contributed by atoms with Crippen molar-refractivity contribution in [3.05, 3.63) is 116 Å². The predicted octanol–water partition coefficient (Wildman–Crippen LogP) is 6.72. The fourth-order valence-electron chi connectivity index (χ4n) is 5.33. The highest BCUT2D eigenvalue weighted by Gasteiger charge is 2.31. The van der Waals surface area contributed by atoms with Crippen LogP contribution in [0, 0.1) is 27.7 Å². The molecule has 8 heteroatoms. The minimum atomic E-state index is -0.672. The van der Waals surface area contributed by atoms with Crippen molar-refractivity contribution < 1.29 is 38.1 Å². The quantitative estimate of drug-likeness (QED) is 0.193. The Morgan fingerprint density at radius 1 is 0.488 bits per heavy atom. The van der Waals surface area contributed by atoms with Crippen LogP contribution in [0.3, 0.4) is 0 Å². The molecule has 2 heterocycles. The third-order valence-corrected chi connectivity index (χ3v) is 7.12. The lowest BCUT2D eigenvalue weighted by molar-refractivity contribution is 0.0425. The van der Waals surface area contributed by atoms with Crippen LogP contribution in [0.4, 0.5) is 0 Å². The number of ether oxygens (including phenoxy) is 4. The van der Waals surface area contributed by atoms with Gasteiger partial charge in [-0.25, -0.2) is 19.2 Å². The molecule has 204 valence electrons. The van der Waals surface area contributed by atoms with E-state index < -0.39 is 23.9 Å². The van der Waals surface area contributed by atoms with E-state index >= 15 is 0 Å². The average Bonchev–Trinajstić information content (AvgIpc) is 3.36. The highest BCUT2D eigenvalue weighted by atomic mass is 16.6. The maximum Gasteiger partial charge on any atom is 0.347 e. The zero-order valence-corrected chi connectivity index (χ0v) is 22.7. The summed E-state index contributed by atoms with van der Waals surface area (Å²) in [5, 5.41) is 0. The van der Waals surface area contributed by atoms with Crippen molar-refractivity contribution in [3.63, 3.8) is 0 Å². The van der Waals surface area contributed by atoms with Gasteiger partial charge < -0.3 is 18.9 Å². The molecular formula is C33H24O8. The van der Waals surface area contributed by atoms with Crippen molar-refractivity contribution in [2.45, 2.75) is 34.1 Å². The minimum absolute atomic E-state index is 0.200. The molecule has 4 aromatic rings. The molecule has 0 unspecified atom stereocenters. The zero-order chi connectivity index (χ0) is 29.0. The van der Waals surface area contributed by atoms with Crippen LogP contribution in [0.1, 0.15) is 74.8 Å². The van der Waals surface area contributed by atoms with Gasteiger partial charge in [-0.05, 0) is 104 Å². The second kappa shape index (κ2) is 9.75. The van der Waals surface area contributed by atoms with Crippen molar-refractivity contribution in [3.8, 4) is 23.0 Å². The first-order valence-corrected chi connectivity index (χ1v) is 12.9. The molecule has 0 N–H and O–H groups in total. The standard InChI is InChI=1S/C33H24O8/c1-16-9-20(10-17(2)28(16)38-22-5-7-24-26(14-22)32(36)40-30(24)34)13-21-11-18(3)29(19(4)12-21)39-23-6-8-25-27(15-23)33(37)41-31(25)35/h5-12,14-15H,13H2,1-4H3. The number of benzene rings is 4. The molecule has 41 heavy (non-hydrogen) atoms. The van der Waals surface area contributed by atoms with Gasteiger partial charge in [0, 0.05) is 0 Å². The molecule has 0 atom stereocenters. The van der Waals surface area contributed by atoms with Gasteiger partial charge in [-0.1, -0.05) is 24.3 Å². The Morgan fingerprint density at radius 2 is 0.829 bits per heavy atom. The summed E-state index contributed by atoms with van der Waals surface area (Å²) in [6.07, 6.45) is 0.684. The number of hydrogen-bond donors (Lipinski definition) is 0. The van der Waals surface area contributed by atoms with E-state index in [1.54, 1.807) is 12.1 Å². The van der Waals surface area contributed by atoms with Crippen LogP contribution in [-0.2, 0) is 15.9 Å². The van der Waals surface area contributed by atoms with Crippen molar-refractivity contribution in [2.24, 2.45) is 0 Å². The van der Waals surface area contributed by atoms with Gasteiger partial charge in [0.2, 0.25) is 0 Å². The van der Waals surface area contributed by atoms with Gasteiger partial charge in [-0.3, -0.25) is 0 Å². The first-order valence-electron chi connectivity index (χ1n) is 12.9. The first kappa shape index (κ1) is 26.0. The van der Waals surface area contributed by atoms with E-state index in [9.17, 15) is 19.2 Å². The number of aryl methyl sites for hydroxylation is 4. The summed E-state index contributed by atoms with van der Waals surface area (Å²) in [7, 11) is 0. The van der Waals surface area contributed by atoms with Crippen molar-refractivity contribution in [2.75, 3.05) is 0 Å². The van der Waals surface area contributed by atoms with Gasteiger partial charge in [0.05, 0.1) is 22.3 Å². The second-order valence-corrected chi connectivity index (χ2v) is 10.3. The molecule has 0 spiro atoms. The predicted molar refractivity (Wildman–Crippen MR) is 147 cm³/mol. The normalized spacial score (nSPS) is 13.6. The van der Waals surface area contributed by atoms with Gasteiger partial charge in [0.25, 0.3) is 0 Å². The van der Waals surface area contributed by atoms with Crippen LogP contribution in [0.15, 0.2) is 60.7 Å². The molecule has 0 bridgehead atoms. The molecule has 6 rings (SSSR count). The lowest BCUT2D eigenvalue weighted by Crippen LogP contribution is -1.99. The van der Waals surface area contributed by atoms with Crippen LogP contribution >= 0.6 is 0 Å². The second-order valence-electron chi connectivity index (χ2n) is 10.3. The fraction of sp³-hybridized carbons (Fsp3) is 0.152. The van der Waals surface area contributed by atoms with E-state index in [0.717, 1.165) is 33.4 Å². The Kier molecular flexibility index (Phi) is 6.18. The molecule has 8 nitrogen and oxygen atoms in total. The summed E-state index contributed by atoms with van der Waals surface area (Å²) in [4.78, 5) is 47.3. The van der Waals surface area contributed by atoms with Gasteiger partial charge in [-0.15, -0.1) is 0 Å². The lowest BCUT2D eigenvalue weighted by atomic mass is 9.97. The molecule has 0 aromatic heterocycles. The van der Waals surface area contributed by atoms with E-state index in [1.807, 2.05) is 27.7 Å². The van der Waals surface area contributed by atoms with Crippen LogP contribution in [0.25, 0.3) is 0 Å². The van der Waals surface area contributed by atoms with E-state index in [-0.39, 0.29) is 22.3 Å². The molecule has 0 saturated heterocycles. The maximum absolute atomic E-state index is 11.9. The molecule has 2 aliphatic rings. The molecule has 4 aromatic carbocycles. The Morgan fingerprint density at radius 3 is 1.20 bits per heavy atom. The molecule has 0 aliphatic carbocycles. The van der Waals surface area contributed by atoms with Crippen molar-refractivity contribution in [1.82, 2.24) is 0 Å². The number of carbonyl (C=O) groups is 4. The average molecular weight is 549 g/mol. The monoisotopic (exact) mass is 548 g/mol. The largest absolute Gasteiger partial charge is 0.457 e.